The number of benzene rings is 1. The summed E-state index contributed by atoms with van der Waals surface area (Å²) in [6.45, 7) is 2.51. The van der Waals surface area contributed by atoms with Crippen LogP contribution in [0.15, 0.2) is 24.5 Å². The summed E-state index contributed by atoms with van der Waals surface area (Å²) in [5, 5.41) is 3.90. The number of nitrogens with one attached hydrogen (secondary N) is 2. The molecule has 0 spiro atoms. The summed E-state index contributed by atoms with van der Waals surface area (Å²) < 4.78 is 5.33. The summed E-state index contributed by atoms with van der Waals surface area (Å²) in [5.74, 6) is 7.54. The van der Waals surface area contributed by atoms with Crippen molar-refractivity contribution in [1.82, 2.24) is 9.97 Å². The van der Waals surface area contributed by atoms with Gasteiger partial charge < -0.3 is 15.5 Å². The zero-order valence-corrected chi connectivity index (χ0v) is 12.7. The van der Waals surface area contributed by atoms with Crippen LogP contribution in [0.5, 0.6) is 5.75 Å². The number of hydrogen-bond acceptors (Lipinski definition) is 6. The van der Waals surface area contributed by atoms with E-state index in [1.165, 1.54) is 6.33 Å². The Bertz CT molecular complexity index is 620. The van der Waals surface area contributed by atoms with E-state index in [-0.39, 0.29) is 0 Å². The minimum absolute atomic E-state index is 0.497. The summed E-state index contributed by atoms with van der Waals surface area (Å²) in [4.78, 5) is 8.35. The summed E-state index contributed by atoms with van der Waals surface area (Å²) in [7, 11) is 1.62. The summed E-state index contributed by atoms with van der Waals surface area (Å²) in [6, 6.07) is 5.55. The van der Waals surface area contributed by atoms with Gasteiger partial charge in [0.25, 0.3) is 0 Å². The highest BCUT2D eigenvalue weighted by atomic mass is 35.5. The number of ether oxygens (including phenoxy) is 1. The van der Waals surface area contributed by atoms with Crippen molar-refractivity contribution in [3.63, 3.8) is 0 Å². The lowest BCUT2D eigenvalue weighted by Gasteiger charge is -2.15. The molecule has 1 heterocycles. The molecule has 1 aromatic heterocycles. The fourth-order valence-electron chi connectivity index (χ4n) is 2.10. The number of halogens is 1. The van der Waals surface area contributed by atoms with Gasteiger partial charge in [-0.05, 0) is 18.6 Å². The Morgan fingerprint density at radius 2 is 2.00 bits per heavy atom. The van der Waals surface area contributed by atoms with Crippen molar-refractivity contribution >= 4 is 23.2 Å². The summed E-state index contributed by atoms with van der Waals surface area (Å²) in [6.07, 6.45) is 2.21. The number of hydrazine groups is 1. The Balaban J connectivity index is 2.25. The first-order chi connectivity index (χ1) is 10.2. The van der Waals surface area contributed by atoms with E-state index in [2.05, 4.69) is 20.7 Å². The Kier molecular flexibility index (Phi) is 5.19. The molecule has 0 amide bonds. The molecule has 2 rings (SSSR count). The van der Waals surface area contributed by atoms with Crippen molar-refractivity contribution in [2.45, 2.75) is 19.9 Å². The molecule has 0 atom stereocenters. The molecule has 112 valence electrons. The van der Waals surface area contributed by atoms with E-state index in [4.69, 9.17) is 22.2 Å². The van der Waals surface area contributed by atoms with Crippen molar-refractivity contribution < 1.29 is 4.74 Å². The minimum atomic E-state index is 0.497. The van der Waals surface area contributed by atoms with Crippen LogP contribution in [0.4, 0.5) is 11.6 Å². The monoisotopic (exact) mass is 307 g/mol. The fraction of sp³-hybridized carbons (Fsp3) is 0.286. The molecule has 0 fully saturated rings. The van der Waals surface area contributed by atoms with Gasteiger partial charge in [-0.1, -0.05) is 24.6 Å². The van der Waals surface area contributed by atoms with Gasteiger partial charge in [0.1, 0.15) is 23.7 Å². The number of anilines is 2. The number of hydrogen-bond donors (Lipinski definition) is 3. The lowest BCUT2D eigenvalue weighted by Crippen LogP contribution is -2.14. The number of methoxy groups -OCH3 is 1. The van der Waals surface area contributed by atoms with Gasteiger partial charge in [0.2, 0.25) is 0 Å². The molecule has 1 aromatic carbocycles. The Labute approximate surface area is 128 Å². The first-order valence-electron chi connectivity index (χ1n) is 6.57. The van der Waals surface area contributed by atoms with E-state index in [0.29, 0.717) is 17.4 Å². The van der Waals surface area contributed by atoms with Crippen molar-refractivity contribution in [2.24, 2.45) is 5.84 Å². The molecule has 0 bridgehead atoms. The average Bonchev–Trinajstić information content (AvgIpc) is 2.52. The van der Waals surface area contributed by atoms with Crippen LogP contribution in [0.1, 0.15) is 18.1 Å². The second-order valence-electron chi connectivity index (χ2n) is 4.32. The third-order valence-electron chi connectivity index (χ3n) is 3.16. The maximum absolute atomic E-state index is 6.22. The molecule has 0 aliphatic heterocycles. The number of nitrogens with zero attached hydrogens (tertiary/aromatic N) is 2. The molecule has 7 heteroatoms. The van der Waals surface area contributed by atoms with E-state index < -0.39 is 0 Å². The maximum Gasteiger partial charge on any atom is 0.148 e. The third-order valence-corrected chi connectivity index (χ3v) is 3.52. The summed E-state index contributed by atoms with van der Waals surface area (Å²) >= 11 is 6.22. The average molecular weight is 308 g/mol. The van der Waals surface area contributed by atoms with Gasteiger partial charge in [-0.2, -0.15) is 0 Å². The van der Waals surface area contributed by atoms with Crippen LogP contribution in [-0.2, 0) is 13.0 Å². The molecule has 0 saturated carbocycles. The Morgan fingerprint density at radius 1 is 1.24 bits per heavy atom. The van der Waals surface area contributed by atoms with Crippen LogP contribution >= 0.6 is 11.6 Å². The van der Waals surface area contributed by atoms with Crippen LogP contribution in [0.3, 0.4) is 0 Å². The largest absolute Gasteiger partial charge is 0.496 e. The van der Waals surface area contributed by atoms with Gasteiger partial charge in [0.15, 0.2) is 0 Å². The molecule has 6 nitrogen and oxygen atoms in total. The Morgan fingerprint density at radius 3 is 2.67 bits per heavy atom. The first kappa shape index (κ1) is 15.3. The normalized spacial score (nSPS) is 10.3. The molecule has 2 aromatic rings. The highest BCUT2D eigenvalue weighted by Crippen LogP contribution is 2.28. The molecule has 4 N–H and O–H groups in total. The molecule has 21 heavy (non-hydrogen) atoms. The van der Waals surface area contributed by atoms with Crippen LogP contribution in [0.2, 0.25) is 5.02 Å². The highest BCUT2D eigenvalue weighted by molar-refractivity contribution is 6.31. The predicted octanol–water partition coefficient (Wildman–Crippen LogP) is 2.60. The summed E-state index contributed by atoms with van der Waals surface area (Å²) in [5.41, 5.74) is 4.38. The first-order valence-corrected chi connectivity index (χ1v) is 6.94. The third kappa shape index (κ3) is 3.34. The van der Waals surface area contributed by atoms with Crippen molar-refractivity contribution in [3.05, 3.63) is 40.7 Å². The van der Waals surface area contributed by atoms with Gasteiger partial charge >= 0.3 is 0 Å². The standard InChI is InChI=1S/C14H18ClN5O/c1-3-9-13(18-8-19-14(9)20-16)17-7-10-11(15)5-4-6-12(10)21-2/h4-6,8H,3,7,16H2,1-2H3,(H2,17,18,19,20). The highest BCUT2D eigenvalue weighted by Gasteiger charge is 2.11. The van der Waals surface area contributed by atoms with Crippen molar-refractivity contribution in [1.29, 1.82) is 0 Å². The minimum Gasteiger partial charge on any atom is -0.496 e. The van der Waals surface area contributed by atoms with E-state index in [0.717, 1.165) is 29.1 Å². The molecular formula is C14H18ClN5O. The number of nitrogens with two attached hydrogens (primary N) is 1. The number of aromatic nitrogens is 2. The van der Waals surface area contributed by atoms with E-state index in [1.807, 2.05) is 25.1 Å². The van der Waals surface area contributed by atoms with Gasteiger partial charge in [-0.3, -0.25) is 0 Å². The van der Waals surface area contributed by atoms with Crippen LogP contribution in [0.25, 0.3) is 0 Å². The number of rotatable bonds is 6. The van der Waals surface area contributed by atoms with E-state index in [1.54, 1.807) is 7.11 Å². The van der Waals surface area contributed by atoms with Gasteiger partial charge in [-0.25, -0.2) is 15.8 Å². The molecule has 0 saturated heterocycles. The zero-order valence-electron chi connectivity index (χ0n) is 12.0. The topological polar surface area (TPSA) is 85.1 Å². The van der Waals surface area contributed by atoms with Crippen LogP contribution in [-0.4, -0.2) is 17.1 Å². The van der Waals surface area contributed by atoms with Crippen molar-refractivity contribution in [2.75, 3.05) is 17.9 Å². The number of nitrogen functional groups attached to an aromatic ring is 1. The smallest absolute Gasteiger partial charge is 0.148 e. The SMILES string of the molecule is CCc1c(NN)ncnc1NCc1c(Cl)cccc1OC. The van der Waals surface area contributed by atoms with E-state index >= 15 is 0 Å². The Hall–Kier alpha value is -2.05. The van der Waals surface area contributed by atoms with Crippen LogP contribution in [0, 0.1) is 0 Å². The lowest BCUT2D eigenvalue weighted by molar-refractivity contribution is 0.410. The lowest BCUT2D eigenvalue weighted by atomic mass is 10.1. The molecule has 0 unspecified atom stereocenters. The van der Waals surface area contributed by atoms with Crippen LogP contribution < -0.4 is 21.3 Å². The zero-order chi connectivity index (χ0) is 15.2. The second-order valence-corrected chi connectivity index (χ2v) is 4.73. The van der Waals surface area contributed by atoms with Gasteiger partial charge in [0.05, 0.1) is 7.11 Å². The van der Waals surface area contributed by atoms with E-state index in [9.17, 15) is 0 Å². The quantitative estimate of drug-likeness (QED) is 0.562. The molecule has 0 aliphatic rings. The molecular weight excluding hydrogens is 290 g/mol. The maximum atomic E-state index is 6.22. The van der Waals surface area contributed by atoms with Gasteiger partial charge in [-0.15, -0.1) is 0 Å². The predicted molar refractivity (Wildman–Crippen MR) is 84.6 cm³/mol. The van der Waals surface area contributed by atoms with Crippen molar-refractivity contribution in [3.8, 4) is 5.75 Å². The molecule has 0 aliphatic carbocycles. The second kappa shape index (κ2) is 7.10. The molecule has 0 radical (unpaired) electrons. The fourth-order valence-corrected chi connectivity index (χ4v) is 2.33. The van der Waals surface area contributed by atoms with Gasteiger partial charge in [0, 0.05) is 22.7 Å².